The van der Waals surface area contributed by atoms with E-state index in [4.69, 9.17) is 24.7 Å². The molecule has 0 aliphatic rings. The second-order valence-electron chi connectivity index (χ2n) is 5.05. The van der Waals surface area contributed by atoms with Gasteiger partial charge in [-0.2, -0.15) is 0 Å². The molecule has 0 saturated carbocycles. The largest absolute Gasteiger partial charge is 0.493 e. The lowest BCUT2D eigenvalue weighted by atomic mass is 9.93. The van der Waals surface area contributed by atoms with E-state index >= 15 is 0 Å². The van der Waals surface area contributed by atoms with Crippen molar-refractivity contribution in [3.8, 4) is 11.5 Å². The van der Waals surface area contributed by atoms with Crippen LogP contribution in [0, 0.1) is 5.92 Å². The molecule has 0 spiro atoms. The normalized spacial score (nSPS) is 11.5. The fourth-order valence-electron chi connectivity index (χ4n) is 2.41. The molecule has 1 aromatic carbocycles. The van der Waals surface area contributed by atoms with Gasteiger partial charge in [-0.3, -0.25) is 9.59 Å². The van der Waals surface area contributed by atoms with Gasteiger partial charge in [-0.25, -0.2) is 0 Å². The van der Waals surface area contributed by atoms with Crippen LogP contribution in [-0.2, 0) is 31.9 Å². The van der Waals surface area contributed by atoms with E-state index in [1.54, 1.807) is 26.2 Å². The minimum absolute atomic E-state index is 0.140. The summed E-state index contributed by atoms with van der Waals surface area (Å²) < 4.78 is 20.3. The van der Waals surface area contributed by atoms with Crippen molar-refractivity contribution in [1.29, 1.82) is 0 Å². The summed E-state index contributed by atoms with van der Waals surface area (Å²) in [7, 11) is 4.30. The van der Waals surface area contributed by atoms with Crippen LogP contribution in [0.1, 0.15) is 18.1 Å². The topological polar surface area (TPSA) is 97.1 Å². The first kappa shape index (κ1) is 19.8. The Morgan fingerprint density at radius 1 is 1.04 bits per heavy atom. The van der Waals surface area contributed by atoms with Gasteiger partial charge in [0.2, 0.25) is 0 Å². The quantitative estimate of drug-likeness (QED) is 0.531. The van der Waals surface area contributed by atoms with Crippen LogP contribution in [0.4, 0.5) is 0 Å². The molecule has 0 bridgehead atoms. The summed E-state index contributed by atoms with van der Waals surface area (Å²) in [4.78, 5) is 24.1. The van der Waals surface area contributed by atoms with Gasteiger partial charge >= 0.3 is 11.9 Å². The summed E-state index contributed by atoms with van der Waals surface area (Å²) in [6.45, 7) is 2.29. The summed E-state index contributed by atoms with van der Waals surface area (Å²) in [5.41, 5.74) is 7.31. The number of hydrogen-bond acceptors (Lipinski definition) is 7. The minimum atomic E-state index is -1.04. The number of hydrogen-bond donors (Lipinski definition) is 1. The SMILES string of the molecule is CCOC(=O)C(Cc1cc(OC)c(OC)cc1CCN)C(=O)OC. The van der Waals surface area contributed by atoms with E-state index in [9.17, 15) is 9.59 Å². The molecule has 0 heterocycles. The molecule has 0 amide bonds. The van der Waals surface area contributed by atoms with Gasteiger partial charge in [0.1, 0.15) is 0 Å². The van der Waals surface area contributed by atoms with Gasteiger partial charge in [0.15, 0.2) is 17.4 Å². The van der Waals surface area contributed by atoms with E-state index in [-0.39, 0.29) is 13.0 Å². The zero-order valence-electron chi connectivity index (χ0n) is 14.6. The number of carbonyl (C=O) groups excluding carboxylic acids is 2. The molecule has 0 aliphatic carbocycles. The molecule has 1 unspecified atom stereocenters. The van der Waals surface area contributed by atoms with Crippen molar-refractivity contribution in [2.75, 3.05) is 34.5 Å². The van der Waals surface area contributed by atoms with Crippen molar-refractivity contribution < 1.29 is 28.5 Å². The van der Waals surface area contributed by atoms with Crippen molar-refractivity contribution in [3.63, 3.8) is 0 Å². The number of rotatable bonds is 9. The standard InChI is InChI=1S/C17H25NO6/c1-5-24-17(20)13(16(19)23-4)8-12-10-15(22-3)14(21-2)9-11(12)6-7-18/h9-10,13H,5-8,18H2,1-4H3. The highest BCUT2D eigenvalue weighted by atomic mass is 16.5. The Morgan fingerprint density at radius 2 is 1.62 bits per heavy atom. The third kappa shape index (κ3) is 4.86. The maximum atomic E-state index is 12.1. The Morgan fingerprint density at radius 3 is 2.08 bits per heavy atom. The number of benzene rings is 1. The summed E-state index contributed by atoms with van der Waals surface area (Å²) in [6.07, 6.45) is 0.716. The van der Waals surface area contributed by atoms with Crippen LogP contribution in [0.2, 0.25) is 0 Å². The molecule has 0 saturated heterocycles. The average Bonchev–Trinajstić information content (AvgIpc) is 2.59. The predicted molar refractivity (Wildman–Crippen MR) is 88.1 cm³/mol. The van der Waals surface area contributed by atoms with Crippen LogP contribution < -0.4 is 15.2 Å². The molecular formula is C17H25NO6. The zero-order valence-corrected chi connectivity index (χ0v) is 14.6. The molecule has 7 nitrogen and oxygen atoms in total. The van der Waals surface area contributed by atoms with E-state index in [2.05, 4.69) is 0 Å². The molecule has 134 valence electrons. The first-order valence-corrected chi connectivity index (χ1v) is 7.70. The number of esters is 2. The van der Waals surface area contributed by atoms with Crippen LogP contribution in [0.25, 0.3) is 0 Å². The average molecular weight is 339 g/mol. The van der Waals surface area contributed by atoms with Crippen LogP contribution in [0.15, 0.2) is 12.1 Å². The fourth-order valence-corrected chi connectivity index (χ4v) is 2.41. The Labute approximate surface area is 142 Å². The second-order valence-corrected chi connectivity index (χ2v) is 5.05. The highest BCUT2D eigenvalue weighted by Crippen LogP contribution is 2.32. The lowest BCUT2D eigenvalue weighted by Crippen LogP contribution is -2.29. The molecule has 7 heteroatoms. The smallest absolute Gasteiger partial charge is 0.320 e. The van der Waals surface area contributed by atoms with Crippen molar-refractivity contribution in [3.05, 3.63) is 23.3 Å². The summed E-state index contributed by atoms with van der Waals surface area (Å²) in [5.74, 6) is -1.21. The van der Waals surface area contributed by atoms with Crippen LogP contribution >= 0.6 is 0 Å². The Kier molecular flexibility index (Phi) is 8.05. The van der Waals surface area contributed by atoms with Gasteiger partial charge in [-0.15, -0.1) is 0 Å². The highest BCUT2D eigenvalue weighted by Gasteiger charge is 2.30. The molecule has 1 aromatic rings. The van der Waals surface area contributed by atoms with Crippen LogP contribution in [0.5, 0.6) is 11.5 Å². The molecule has 2 N–H and O–H groups in total. The molecule has 24 heavy (non-hydrogen) atoms. The number of methoxy groups -OCH3 is 3. The van der Waals surface area contributed by atoms with Crippen molar-refractivity contribution >= 4 is 11.9 Å². The fraction of sp³-hybridized carbons (Fsp3) is 0.529. The summed E-state index contributed by atoms with van der Waals surface area (Å²) >= 11 is 0. The van der Waals surface area contributed by atoms with Gasteiger partial charge in [0.05, 0.1) is 27.9 Å². The molecule has 1 rings (SSSR count). The maximum absolute atomic E-state index is 12.1. The van der Waals surface area contributed by atoms with E-state index < -0.39 is 17.9 Å². The first-order valence-electron chi connectivity index (χ1n) is 7.70. The van der Waals surface area contributed by atoms with Gasteiger partial charge in [0.25, 0.3) is 0 Å². The molecule has 0 fully saturated rings. The lowest BCUT2D eigenvalue weighted by Gasteiger charge is -2.18. The van der Waals surface area contributed by atoms with Gasteiger partial charge < -0.3 is 24.7 Å². The highest BCUT2D eigenvalue weighted by molar-refractivity contribution is 5.95. The third-order valence-corrected chi connectivity index (χ3v) is 3.60. The molecule has 0 aromatic heterocycles. The van der Waals surface area contributed by atoms with Gasteiger partial charge in [-0.1, -0.05) is 0 Å². The lowest BCUT2D eigenvalue weighted by molar-refractivity contribution is -0.160. The second kappa shape index (κ2) is 9.77. The Bertz CT molecular complexity index is 572. The van der Waals surface area contributed by atoms with Crippen molar-refractivity contribution in [2.45, 2.75) is 19.8 Å². The van der Waals surface area contributed by atoms with Crippen LogP contribution in [0.3, 0.4) is 0 Å². The van der Waals surface area contributed by atoms with E-state index in [0.29, 0.717) is 24.5 Å². The van der Waals surface area contributed by atoms with E-state index in [1.807, 2.05) is 0 Å². The number of nitrogens with two attached hydrogens (primary N) is 1. The molecule has 0 radical (unpaired) electrons. The minimum Gasteiger partial charge on any atom is -0.493 e. The number of ether oxygens (including phenoxy) is 4. The maximum Gasteiger partial charge on any atom is 0.320 e. The molecule has 1 atom stereocenters. The monoisotopic (exact) mass is 339 g/mol. The van der Waals surface area contributed by atoms with Crippen molar-refractivity contribution in [2.24, 2.45) is 11.7 Å². The van der Waals surface area contributed by atoms with Gasteiger partial charge in [0, 0.05) is 0 Å². The number of carbonyl (C=O) groups is 2. The van der Waals surface area contributed by atoms with Gasteiger partial charge in [-0.05, 0) is 49.6 Å². The third-order valence-electron chi connectivity index (χ3n) is 3.60. The molecule has 0 aliphatic heterocycles. The summed E-state index contributed by atoms with van der Waals surface area (Å²) in [6, 6.07) is 3.56. The zero-order chi connectivity index (χ0) is 18.1. The van der Waals surface area contributed by atoms with Crippen molar-refractivity contribution in [1.82, 2.24) is 0 Å². The Hall–Kier alpha value is -2.28. The summed E-state index contributed by atoms with van der Waals surface area (Å²) in [5, 5.41) is 0. The van der Waals surface area contributed by atoms with E-state index in [1.165, 1.54) is 14.2 Å². The van der Waals surface area contributed by atoms with Crippen LogP contribution in [-0.4, -0.2) is 46.4 Å². The Balaban J connectivity index is 3.24. The van der Waals surface area contributed by atoms with E-state index in [0.717, 1.165) is 11.1 Å². The predicted octanol–water partition coefficient (Wildman–Crippen LogP) is 1.10. The molecular weight excluding hydrogens is 314 g/mol. The first-order chi connectivity index (χ1) is 11.5.